The van der Waals surface area contributed by atoms with E-state index in [-0.39, 0.29) is 10.6 Å². The van der Waals surface area contributed by atoms with Crippen LogP contribution in [-0.4, -0.2) is 31.4 Å². The van der Waals surface area contributed by atoms with E-state index in [0.29, 0.717) is 5.69 Å². The van der Waals surface area contributed by atoms with Crippen LogP contribution in [0.15, 0.2) is 59.5 Å². The van der Waals surface area contributed by atoms with Gasteiger partial charge in [0, 0.05) is 16.6 Å². The third-order valence-electron chi connectivity index (χ3n) is 3.85. The summed E-state index contributed by atoms with van der Waals surface area (Å²) in [7, 11) is -3.81. The Balaban J connectivity index is 1.64. The molecule has 8 nitrogen and oxygen atoms in total. The fourth-order valence-corrected chi connectivity index (χ4v) is 2.95. The first kappa shape index (κ1) is 18.6. The molecule has 0 saturated heterocycles. The molecule has 0 aliphatic heterocycles. The summed E-state index contributed by atoms with van der Waals surface area (Å²) >= 11 is 0. The van der Waals surface area contributed by atoms with Crippen molar-refractivity contribution in [2.45, 2.75) is 17.9 Å². The summed E-state index contributed by atoms with van der Waals surface area (Å²) in [6.45, 7) is 1.44. The van der Waals surface area contributed by atoms with E-state index >= 15 is 0 Å². The van der Waals surface area contributed by atoms with Crippen LogP contribution in [0, 0.1) is 0 Å². The van der Waals surface area contributed by atoms with Crippen molar-refractivity contribution < 1.29 is 22.7 Å². The minimum Gasteiger partial charge on any atom is -0.448 e. The molecule has 0 fully saturated rings. The summed E-state index contributed by atoms with van der Waals surface area (Å²) in [4.78, 5) is 27.3. The van der Waals surface area contributed by atoms with Gasteiger partial charge in [-0.1, -0.05) is 18.2 Å². The number of fused-ring (bicyclic) bond motifs is 1. The molecule has 0 aliphatic rings. The Labute approximate surface area is 155 Å². The molecule has 0 saturated carbocycles. The highest BCUT2D eigenvalue weighted by Gasteiger charge is 2.20. The first-order chi connectivity index (χ1) is 12.7. The number of anilines is 1. The van der Waals surface area contributed by atoms with Crippen LogP contribution in [0.2, 0.25) is 0 Å². The number of carbonyl (C=O) groups excluding carboxylic acids is 2. The third-order valence-corrected chi connectivity index (χ3v) is 4.78. The predicted octanol–water partition coefficient (Wildman–Crippen LogP) is 2.00. The number of amides is 1. The van der Waals surface area contributed by atoms with Gasteiger partial charge in [0.1, 0.15) is 5.69 Å². The van der Waals surface area contributed by atoms with E-state index in [1.165, 1.54) is 31.2 Å². The second-order valence-corrected chi connectivity index (χ2v) is 7.44. The molecule has 4 N–H and O–H groups in total. The van der Waals surface area contributed by atoms with Crippen molar-refractivity contribution >= 4 is 38.5 Å². The quantitative estimate of drug-likeness (QED) is 0.576. The molecule has 1 atom stereocenters. The van der Waals surface area contributed by atoms with E-state index in [1.807, 2.05) is 24.3 Å². The number of primary sulfonamides is 1. The lowest BCUT2D eigenvalue weighted by Gasteiger charge is -2.13. The number of benzene rings is 2. The van der Waals surface area contributed by atoms with Gasteiger partial charge in [-0.05, 0) is 43.3 Å². The lowest BCUT2D eigenvalue weighted by atomic mass is 10.2. The van der Waals surface area contributed by atoms with Crippen molar-refractivity contribution in [1.29, 1.82) is 0 Å². The molecule has 0 aliphatic carbocycles. The van der Waals surface area contributed by atoms with Gasteiger partial charge in [-0.2, -0.15) is 0 Å². The average Bonchev–Trinajstić information content (AvgIpc) is 3.05. The van der Waals surface area contributed by atoms with Gasteiger partial charge in [0.2, 0.25) is 10.0 Å². The van der Waals surface area contributed by atoms with Gasteiger partial charge in [-0.3, -0.25) is 4.79 Å². The highest BCUT2D eigenvalue weighted by Crippen LogP contribution is 2.17. The summed E-state index contributed by atoms with van der Waals surface area (Å²) in [6.07, 6.45) is -1.05. The van der Waals surface area contributed by atoms with Crippen LogP contribution in [0.4, 0.5) is 5.69 Å². The van der Waals surface area contributed by atoms with Gasteiger partial charge in [0.15, 0.2) is 6.10 Å². The number of aromatic nitrogens is 1. The summed E-state index contributed by atoms with van der Waals surface area (Å²) in [6, 6.07) is 14.3. The van der Waals surface area contributed by atoms with E-state index in [0.717, 1.165) is 10.9 Å². The van der Waals surface area contributed by atoms with Gasteiger partial charge in [0.05, 0.1) is 4.90 Å². The van der Waals surface area contributed by atoms with E-state index in [9.17, 15) is 18.0 Å². The van der Waals surface area contributed by atoms with Crippen LogP contribution in [0.25, 0.3) is 10.9 Å². The van der Waals surface area contributed by atoms with Crippen molar-refractivity contribution in [2.24, 2.45) is 5.14 Å². The Morgan fingerprint density at radius 3 is 2.41 bits per heavy atom. The number of ether oxygens (including phenoxy) is 1. The van der Waals surface area contributed by atoms with Crippen LogP contribution in [0.3, 0.4) is 0 Å². The predicted molar refractivity (Wildman–Crippen MR) is 99.6 cm³/mol. The largest absolute Gasteiger partial charge is 0.448 e. The number of sulfonamides is 1. The number of hydrogen-bond acceptors (Lipinski definition) is 5. The van der Waals surface area contributed by atoms with Crippen molar-refractivity contribution in [2.75, 3.05) is 5.32 Å². The van der Waals surface area contributed by atoms with Gasteiger partial charge in [-0.15, -0.1) is 0 Å². The first-order valence-corrected chi connectivity index (χ1v) is 9.51. The molecule has 3 aromatic rings. The van der Waals surface area contributed by atoms with Gasteiger partial charge in [-0.25, -0.2) is 18.4 Å². The highest BCUT2D eigenvalue weighted by atomic mass is 32.2. The first-order valence-electron chi connectivity index (χ1n) is 7.96. The van der Waals surface area contributed by atoms with Crippen LogP contribution in [0.1, 0.15) is 17.4 Å². The molecule has 1 amide bonds. The fourth-order valence-electron chi connectivity index (χ4n) is 2.43. The molecule has 0 bridgehead atoms. The minimum atomic E-state index is -3.81. The zero-order valence-electron chi connectivity index (χ0n) is 14.3. The van der Waals surface area contributed by atoms with Crippen molar-refractivity contribution in [3.05, 3.63) is 60.3 Å². The summed E-state index contributed by atoms with van der Waals surface area (Å²) in [5, 5.41) is 8.42. The van der Waals surface area contributed by atoms with Crippen LogP contribution >= 0.6 is 0 Å². The fraction of sp³-hybridized carbons (Fsp3) is 0.111. The second kappa shape index (κ2) is 7.22. The maximum atomic E-state index is 12.2. The minimum absolute atomic E-state index is 0.0706. The number of aromatic amines is 1. The van der Waals surface area contributed by atoms with Crippen molar-refractivity contribution in [3.63, 3.8) is 0 Å². The van der Waals surface area contributed by atoms with Gasteiger partial charge >= 0.3 is 5.97 Å². The molecule has 1 heterocycles. The number of nitrogens with two attached hydrogens (primary N) is 1. The number of H-pyrrole nitrogens is 1. The maximum absolute atomic E-state index is 12.2. The molecule has 0 radical (unpaired) electrons. The number of rotatable bonds is 5. The molecule has 27 heavy (non-hydrogen) atoms. The van der Waals surface area contributed by atoms with Crippen LogP contribution in [-0.2, 0) is 19.6 Å². The van der Waals surface area contributed by atoms with Gasteiger partial charge in [0.25, 0.3) is 5.91 Å². The Bertz CT molecular complexity index is 1070. The Morgan fingerprint density at radius 2 is 1.78 bits per heavy atom. The van der Waals surface area contributed by atoms with E-state index < -0.39 is 28.0 Å². The van der Waals surface area contributed by atoms with Crippen LogP contribution in [0.5, 0.6) is 0 Å². The third kappa shape index (κ3) is 4.33. The summed E-state index contributed by atoms with van der Waals surface area (Å²) < 4.78 is 27.6. The SMILES string of the molecule is C[C@@H](OC(=O)c1cc2ccccc2[nH]1)C(=O)Nc1ccc(S(N)(=O)=O)cc1. The molecule has 9 heteroatoms. The highest BCUT2D eigenvalue weighted by molar-refractivity contribution is 7.89. The van der Waals surface area contributed by atoms with E-state index in [2.05, 4.69) is 10.3 Å². The molecular weight excluding hydrogens is 370 g/mol. The van der Waals surface area contributed by atoms with E-state index in [4.69, 9.17) is 9.88 Å². The molecule has 0 unspecified atom stereocenters. The normalized spacial score (nSPS) is 12.5. The molecular formula is C18H17N3O5S. The summed E-state index contributed by atoms with van der Waals surface area (Å²) in [5.74, 6) is -1.21. The number of hydrogen-bond donors (Lipinski definition) is 3. The lowest BCUT2D eigenvalue weighted by molar-refractivity contribution is -0.123. The molecule has 2 aromatic carbocycles. The molecule has 140 valence electrons. The number of esters is 1. The second-order valence-electron chi connectivity index (χ2n) is 5.88. The number of nitrogens with one attached hydrogen (secondary N) is 2. The van der Waals surface area contributed by atoms with Crippen molar-refractivity contribution in [1.82, 2.24) is 4.98 Å². The smallest absolute Gasteiger partial charge is 0.355 e. The van der Waals surface area contributed by atoms with Crippen molar-refractivity contribution in [3.8, 4) is 0 Å². The lowest BCUT2D eigenvalue weighted by Crippen LogP contribution is -2.30. The Morgan fingerprint density at radius 1 is 1.11 bits per heavy atom. The number of para-hydroxylation sites is 1. The molecule has 0 spiro atoms. The zero-order valence-corrected chi connectivity index (χ0v) is 15.1. The topological polar surface area (TPSA) is 131 Å². The zero-order chi connectivity index (χ0) is 19.6. The van der Waals surface area contributed by atoms with Crippen LogP contribution < -0.4 is 10.5 Å². The Hall–Kier alpha value is -3.17. The monoisotopic (exact) mass is 387 g/mol. The number of carbonyl (C=O) groups is 2. The summed E-state index contributed by atoms with van der Waals surface area (Å²) in [5.41, 5.74) is 1.38. The average molecular weight is 387 g/mol. The molecule has 1 aromatic heterocycles. The maximum Gasteiger partial charge on any atom is 0.355 e. The molecule has 3 rings (SSSR count). The van der Waals surface area contributed by atoms with Gasteiger partial charge < -0.3 is 15.0 Å². The Kier molecular flexibility index (Phi) is 4.98. The standard InChI is InChI=1S/C18H17N3O5S/c1-11(17(22)20-13-6-8-14(9-7-13)27(19,24)25)26-18(23)16-10-12-4-2-3-5-15(12)21-16/h2-11,21H,1H3,(H,20,22)(H2,19,24,25)/t11-/m1/s1. The van der Waals surface area contributed by atoms with E-state index in [1.54, 1.807) is 6.07 Å².